The van der Waals surface area contributed by atoms with Gasteiger partial charge in [0.1, 0.15) is 5.82 Å². The summed E-state index contributed by atoms with van der Waals surface area (Å²) in [6.45, 7) is -0.397. The lowest BCUT2D eigenvalue weighted by molar-refractivity contribution is -0.143. The van der Waals surface area contributed by atoms with Crippen LogP contribution in [0.3, 0.4) is 0 Å². The molecule has 2 aliphatic rings. The summed E-state index contributed by atoms with van der Waals surface area (Å²) in [5, 5.41) is 21.0. The van der Waals surface area contributed by atoms with Crippen molar-refractivity contribution in [3.63, 3.8) is 0 Å². The molecule has 1 aliphatic carbocycles. The van der Waals surface area contributed by atoms with E-state index in [1.165, 1.54) is 11.9 Å². The maximum atomic E-state index is 13.9. The fourth-order valence-electron chi connectivity index (χ4n) is 6.76. The Morgan fingerprint density at radius 1 is 0.830 bits per heavy atom. The molecule has 1 aromatic carbocycles. The van der Waals surface area contributed by atoms with Crippen LogP contribution in [0.25, 0.3) is 0 Å². The van der Waals surface area contributed by atoms with Crippen molar-refractivity contribution in [3.8, 4) is 0 Å². The average Bonchev–Trinajstić information content (AvgIpc) is 3.65. The standard InChI is InChI=1S/C30H34F9N7O/c1-44-42-27(41-43-44)45(16-19-11-22(28(31,32)33)14-23(12-19)29(34,35)36)17-21-13-24(30(37,38)39)15-40-26(21)46-9-2-3-25(46)20-6-4-18(5-7-20)8-10-47/h11-15,18,20,25,47H,2-10,16-17H2,1H3. The maximum absolute atomic E-state index is 13.9. The molecule has 1 atom stereocenters. The van der Waals surface area contributed by atoms with Crippen LogP contribution >= 0.6 is 0 Å². The molecular formula is C30H34F9N7O. The molecule has 3 aromatic rings. The van der Waals surface area contributed by atoms with E-state index in [1.807, 2.05) is 4.90 Å². The highest BCUT2D eigenvalue weighted by molar-refractivity contribution is 5.52. The Hall–Kier alpha value is -3.63. The van der Waals surface area contributed by atoms with Gasteiger partial charge in [-0.3, -0.25) is 0 Å². The first-order valence-corrected chi connectivity index (χ1v) is 15.2. The van der Waals surface area contributed by atoms with E-state index >= 15 is 0 Å². The number of nitrogens with zero attached hydrogens (tertiary/aromatic N) is 7. The zero-order chi connectivity index (χ0) is 34.1. The van der Waals surface area contributed by atoms with Gasteiger partial charge < -0.3 is 14.9 Å². The molecule has 258 valence electrons. The number of aryl methyl sites for hydroxylation is 1. The molecular weight excluding hydrogens is 645 g/mol. The number of hydrogen-bond donors (Lipinski definition) is 1. The topological polar surface area (TPSA) is 83.2 Å². The van der Waals surface area contributed by atoms with Gasteiger partial charge in [0.15, 0.2) is 0 Å². The first-order chi connectivity index (χ1) is 22.0. The van der Waals surface area contributed by atoms with Crippen molar-refractivity contribution in [3.05, 3.63) is 58.3 Å². The van der Waals surface area contributed by atoms with Crippen molar-refractivity contribution < 1.29 is 44.6 Å². The molecule has 17 heteroatoms. The predicted molar refractivity (Wildman–Crippen MR) is 152 cm³/mol. The monoisotopic (exact) mass is 679 g/mol. The SMILES string of the molecule is Cn1nnc(N(Cc2cc(C(F)(F)F)cc(C(F)(F)F)c2)Cc2cc(C(F)(F)F)cnc2N2CCCC2C2CCC(CCO)CC2)n1. The second-order valence-corrected chi connectivity index (χ2v) is 12.2. The molecule has 1 unspecified atom stereocenters. The van der Waals surface area contributed by atoms with E-state index in [4.69, 9.17) is 0 Å². The molecule has 0 radical (unpaired) electrons. The van der Waals surface area contributed by atoms with Gasteiger partial charge in [-0.1, -0.05) is 17.9 Å². The number of aromatic nitrogens is 5. The van der Waals surface area contributed by atoms with Gasteiger partial charge in [0.2, 0.25) is 0 Å². The number of anilines is 2. The minimum absolute atomic E-state index is 0.00797. The lowest BCUT2D eigenvalue weighted by Crippen LogP contribution is -2.39. The van der Waals surface area contributed by atoms with Crippen LogP contribution in [0.15, 0.2) is 30.5 Å². The third-order valence-electron chi connectivity index (χ3n) is 8.98. The number of pyridine rings is 1. The van der Waals surface area contributed by atoms with E-state index < -0.39 is 53.9 Å². The third-order valence-corrected chi connectivity index (χ3v) is 8.98. The maximum Gasteiger partial charge on any atom is 0.417 e. The summed E-state index contributed by atoms with van der Waals surface area (Å²) < 4.78 is 124. The number of alkyl halides is 9. The molecule has 3 heterocycles. The highest BCUT2D eigenvalue weighted by atomic mass is 19.4. The molecule has 2 aromatic heterocycles. The summed E-state index contributed by atoms with van der Waals surface area (Å²) in [6, 6.07) is 2.02. The van der Waals surface area contributed by atoms with E-state index in [-0.39, 0.29) is 42.0 Å². The van der Waals surface area contributed by atoms with Crippen molar-refractivity contribution in [2.45, 2.75) is 82.6 Å². The molecule has 8 nitrogen and oxygen atoms in total. The summed E-state index contributed by atoms with van der Waals surface area (Å²) in [7, 11) is 1.39. The van der Waals surface area contributed by atoms with Crippen molar-refractivity contribution in [2.75, 3.05) is 23.0 Å². The van der Waals surface area contributed by atoms with E-state index in [0.717, 1.165) is 55.6 Å². The molecule has 47 heavy (non-hydrogen) atoms. The van der Waals surface area contributed by atoms with Gasteiger partial charge >= 0.3 is 18.5 Å². The van der Waals surface area contributed by atoms with Gasteiger partial charge in [0, 0.05) is 44.0 Å². The van der Waals surface area contributed by atoms with Crippen molar-refractivity contribution in [2.24, 2.45) is 18.9 Å². The normalized spacial score (nSPS) is 21.0. The Balaban J connectivity index is 1.53. The smallest absolute Gasteiger partial charge is 0.396 e. The molecule has 1 N–H and O–H groups in total. The Morgan fingerprint density at radius 3 is 2.02 bits per heavy atom. The molecule has 0 bridgehead atoms. The van der Waals surface area contributed by atoms with Gasteiger partial charge in [-0.15, -0.1) is 5.10 Å². The zero-order valence-corrected chi connectivity index (χ0v) is 25.4. The van der Waals surface area contributed by atoms with Crippen LogP contribution in [0.2, 0.25) is 0 Å². The van der Waals surface area contributed by atoms with Crippen LogP contribution in [-0.4, -0.2) is 49.5 Å². The Bertz CT molecular complexity index is 1480. The van der Waals surface area contributed by atoms with Crippen LogP contribution in [0, 0.1) is 11.8 Å². The number of hydrogen-bond acceptors (Lipinski definition) is 7. The minimum atomic E-state index is -5.09. The quantitative estimate of drug-likeness (QED) is 0.244. The number of tetrazole rings is 1. The van der Waals surface area contributed by atoms with Gasteiger partial charge in [-0.2, -0.15) is 44.3 Å². The molecule has 1 saturated heterocycles. The van der Waals surface area contributed by atoms with Crippen LogP contribution in [0.4, 0.5) is 51.3 Å². The lowest BCUT2D eigenvalue weighted by atomic mass is 9.77. The second-order valence-electron chi connectivity index (χ2n) is 12.2. The van der Waals surface area contributed by atoms with Crippen molar-refractivity contribution >= 4 is 11.8 Å². The molecule has 0 spiro atoms. The number of aliphatic hydroxyl groups excluding tert-OH is 1. The zero-order valence-electron chi connectivity index (χ0n) is 25.4. The van der Waals surface area contributed by atoms with E-state index in [9.17, 15) is 44.6 Å². The number of halogens is 9. The second kappa shape index (κ2) is 13.5. The summed E-state index contributed by atoms with van der Waals surface area (Å²) in [4.78, 5) is 8.44. The molecule has 1 aliphatic heterocycles. The number of rotatable bonds is 9. The number of aliphatic hydroxyl groups is 1. The van der Waals surface area contributed by atoms with E-state index in [0.29, 0.717) is 31.0 Å². The highest BCUT2D eigenvalue weighted by Crippen LogP contribution is 2.42. The van der Waals surface area contributed by atoms with Crippen LogP contribution < -0.4 is 9.80 Å². The summed E-state index contributed by atoms with van der Waals surface area (Å²) in [5.41, 5.74) is -4.44. The summed E-state index contributed by atoms with van der Waals surface area (Å²) in [6.07, 6.45) is -8.33. The van der Waals surface area contributed by atoms with Gasteiger partial charge in [-0.25, -0.2) is 4.98 Å². The van der Waals surface area contributed by atoms with Crippen LogP contribution in [0.5, 0.6) is 0 Å². The first-order valence-electron chi connectivity index (χ1n) is 15.2. The molecule has 0 amide bonds. The molecule has 2 fully saturated rings. The summed E-state index contributed by atoms with van der Waals surface area (Å²) in [5.74, 6) is 0.703. The van der Waals surface area contributed by atoms with E-state index in [2.05, 4.69) is 20.4 Å². The van der Waals surface area contributed by atoms with Gasteiger partial charge in [-0.05, 0) is 79.0 Å². The Labute approximate surface area is 264 Å². The Morgan fingerprint density at radius 2 is 1.47 bits per heavy atom. The minimum Gasteiger partial charge on any atom is -0.396 e. The van der Waals surface area contributed by atoms with Gasteiger partial charge in [0.05, 0.1) is 23.7 Å². The average molecular weight is 680 g/mol. The first kappa shape index (κ1) is 34.7. The molecule has 5 rings (SSSR count). The lowest BCUT2D eigenvalue weighted by Gasteiger charge is -2.38. The predicted octanol–water partition coefficient (Wildman–Crippen LogP) is 7.03. The summed E-state index contributed by atoms with van der Waals surface area (Å²) >= 11 is 0. The van der Waals surface area contributed by atoms with Crippen LogP contribution in [-0.2, 0) is 38.7 Å². The number of benzene rings is 1. The fourth-order valence-corrected chi connectivity index (χ4v) is 6.76. The van der Waals surface area contributed by atoms with Crippen molar-refractivity contribution in [1.82, 2.24) is 25.2 Å². The largest absolute Gasteiger partial charge is 0.417 e. The fraction of sp³-hybridized carbons (Fsp3) is 0.600. The van der Waals surface area contributed by atoms with Gasteiger partial charge in [0.25, 0.3) is 5.95 Å². The van der Waals surface area contributed by atoms with E-state index in [1.54, 1.807) is 0 Å². The van der Waals surface area contributed by atoms with Crippen molar-refractivity contribution in [1.29, 1.82) is 0 Å². The Kier molecular flexibility index (Phi) is 9.94. The molecule has 1 saturated carbocycles. The third kappa shape index (κ3) is 8.27. The highest BCUT2D eigenvalue weighted by Gasteiger charge is 2.39. The van der Waals surface area contributed by atoms with Crippen LogP contribution in [0.1, 0.15) is 72.8 Å².